The number of aryl methyl sites for hydroxylation is 1. The molecule has 3 N–H and O–H groups in total. The van der Waals surface area contributed by atoms with E-state index < -0.39 is 6.10 Å². The third kappa shape index (κ3) is 2.63. The average Bonchev–Trinajstić information content (AvgIpc) is 3.24. The highest BCUT2D eigenvalue weighted by atomic mass is 16.3. The first-order valence-electron chi connectivity index (χ1n) is 8.75. The largest absolute Gasteiger partial charge is 0.390 e. The number of benzene rings is 1. The van der Waals surface area contributed by atoms with E-state index in [1.807, 2.05) is 23.1 Å². The zero-order valence-corrected chi connectivity index (χ0v) is 14.1. The molecule has 4 rings (SSSR count). The number of hydrogen-bond acceptors (Lipinski definition) is 5. The number of nitrogens with zero attached hydrogens (tertiary/aromatic N) is 4. The second-order valence-corrected chi connectivity index (χ2v) is 7.04. The van der Waals surface area contributed by atoms with Crippen LogP contribution in [0.25, 0.3) is 0 Å². The molecule has 1 spiro atoms. The van der Waals surface area contributed by atoms with Gasteiger partial charge in [-0.1, -0.05) is 24.3 Å². The lowest BCUT2D eigenvalue weighted by Gasteiger charge is -2.42. The molecule has 1 saturated heterocycles. The molecule has 0 bridgehead atoms. The number of aliphatic hydroxyl groups is 1. The summed E-state index contributed by atoms with van der Waals surface area (Å²) < 4.78 is 1.80. The van der Waals surface area contributed by atoms with Gasteiger partial charge < -0.3 is 20.3 Å². The predicted molar refractivity (Wildman–Crippen MR) is 91.5 cm³/mol. The van der Waals surface area contributed by atoms with Gasteiger partial charge in [0.25, 0.3) is 0 Å². The van der Waals surface area contributed by atoms with E-state index in [1.54, 1.807) is 17.2 Å². The third-order valence-corrected chi connectivity index (χ3v) is 5.82. The Morgan fingerprint density at radius 3 is 2.64 bits per heavy atom. The Kier molecular flexibility index (Phi) is 4.05. The molecule has 7 heteroatoms. The van der Waals surface area contributed by atoms with Crippen molar-refractivity contribution in [3.05, 3.63) is 48.0 Å². The second-order valence-electron chi connectivity index (χ2n) is 7.04. The molecule has 2 aromatic rings. The monoisotopic (exact) mass is 341 g/mol. The number of fused-ring (bicyclic) bond motifs is 2. The molecule has 0 unspecified atom stereocenters. The first-order chi connectivity index (χ1) is 12.1. The Labute approximate surface area is 146 Å². The smallest absolute Gasteiger partial charge is 0.224 e. The number of likely N-dealkylation sites (tertiary alicyclic amines) is 1. The van der Waals surface area contributed by atoms with E-state index in [0.29, 0.717) is 26.1 Å². The van der Waals surface area contributed by atoms with Crippen LogP contribution in [0.3, 0.4) is 0 Å². The number of carbonyl (C=O) groups excluding carboxylic acids is 1. The topological polar surface area (TPSA) is 97.3 Å². The predicted octanol–water partition coefficient (Wildman–Crippen LogP) is 0.603. The Bertz CT molecular complexity index is 753. The van der Waals surface area contributed by atoms with E-state index >= 15 is 0 Å². The number of aliphatic hydroxyl groups excluding tert-OH is 1. The average molecular weight is 341 g/mol. The number of carbonyl (C=O) groups is 1. The molecule has 2 atom stereocenters. The quantitative estimate of drug-likeness (QED) is 0.852. The van der Waals surface area contributed by atoms with Crippen LogP contribution in [-0.2, 0) is 16.8 Å². The van der Waals surface area contributed by atoms with Crippen molar-refractivity contribution in [2.24, 2.45) is 5.73 Å². The van der Waals surface area contributed by atoms with Gasteiger partial charge in [-0.25, -0.2) is 0 Å². The minimum Gasteiger partial charge on any atom is -0.390 e. The van der Waals surface area contributed by atoms with Gasteiger partial charge in [0.05, 0.1) is 12.1 Å². The normalized spacial score (nSPS) is 24.5. The maximum absolute atomic E-state index is 12.5. The SMILES string of the molecule is N[C@@H]1c2ccccc2C2(CCN(C(=O)CCn3cnnc3)CC2)[C@H]1O. The number of piperidine rings is 1. The van der Waals surface area contributed by atoms with Crippen LogP contribution in [-0.4, -0.2) is 49.9 Å². The maximum Gasteiger partial charge on any atom is 0.224 e. The summed E-state index contributed by atoms with van der Waals surface area (Å²) in [5, 5.41) is 18.3. The van der Waals surface area contributed by atoms with Gasteiger partial charge in [0.1, 0.15) is 12.7 Å². The van der Waals surface area contributed by atoms with Crippen LogP contribution in [0.15, 0.2) is 36.9 Å². The number of hydrogen-bond donors (Lipinski definition) is 2. The summed E-state index contributed by atoms with van der Waals surface area (Å²) in [5.74, 6) is 0.133. The number of nitrogens with two attached hydrogens (primary N) is 1. The van der Waals surface area contributed by atoms with Gasteiger partial charge >= 0.3 is 0 Å². The summed E-state index contributed by atoms with van der Waals surface area (Å²) in [7, 11) is 0. The molecule has 2 heterocycles. The third-order valence-electron chi connectivity index (χ3n) is 5.82. The Morgan fingerprint density at radius 1 is 1.24 bits per heavy atom. The van der Waals surface area contributed by atoms with Crippen molar-refractivity contribution in [2.75, 3.05) is 13.1 Å². The zero-order valence-electron chi connectivity index (χ0n) is 14.1. The van der Waals surface area contributed by atoms with Crippen LogP contribution >= 0.6 is 0 Å². The highest BCUT2D eigenvalue weighted by Gasteiger charge is 2.51. The van der Waals surface area contributed by atoms with Crippen molar-refractivity contribution in [3.8, 4) is 0 Å². The summed E-state index contributed by atoms with van der Waals surface area (Å²) >= 11 is 0. The molecule has 1 aliphatic heterocycles. The van der Waals surface area contributed by atoms with Gasteiger partial charge in [-0.15, -0.1) is 10.2 Å². The van der Waals surface area contributed by atoms with Crippen LogP contribution in [0.4, 0.5) is 0 Å². The van der Waals surface area contributed by atoms with E-state index in [0.717, 1.165) is 24.0 Å². The van der Waals surface area contributed by atoms with Crippen molar-refractivity contribution in [2.45, 2.75) is 43.4 Å². The van der Waals surface area contributed by atoms with Crippen molar-refractivity contribution >= 4 is 5.91 Å². The van der Waals surface area contributed by atoms with Gasteiger partial charge in [0.15, 0.2) is 0 Å². The fourth-order valence-electron chi connectivity index (χ4n) is 4.35. The summed E-state index contributed by atoms with van der Waals surface area (Å²) in [6.45, 7) is 1.89. The molecule has 1 amide bonds. The molecule has 0 saturated carbocycles. The van der Waals surface area contributed by atoms with Crippen molar-refractivity contribution in [3.63, 3.8) is 0 Å². The Balaban J connectivity index is 1.43. The molecule has 25 heavy (non-hydrogen) atoms. The molecule has 7 nitrogen and oxygen atoms in total. The van der Waals surface area contributed by atoms with Gasteiger partial charge in [0, 0.05) is 31.5 Å². The standard InChI is InChI=1S/C18H23N5O2/c19-16-13-3-1-2-4-14(13)18(17(16)25)6-9-23(10-7-18)15(24)5-8-22-11-20-21-12-22/h1-4,11-12,16-17,25H,5-10,19H2/t16-,17+/m1/s1. The fourth-order valence-corrected chi connectivity index (χ4v) is 4.35. The first-order valence-corrected chi connectivity index (χ1v) is 8.75. The zero-order chi connectivity index (χ0) is 17.4. The molecule has 132 valence electrons. The highest BCUT2D eigenvalue weighted by Crippen LogP contribution is 2.49. The van der Waals surface area contributed by atoms with Crippen molar-refractivity contribution in [1.82, 2.24) is 19.7 Å². The van der Waals surface area contributed by atoms with Crippen molar-refractivity contribution < 1.29 is 9.90 Å². The summed E-state index contributed by atoms with van der Waals surface area (Å²) in [6.07, 6.45) is 4.58. The maximum atomic E-state index is 12.5. The lowest BCUT2D eigenvalue weighted by Crippen LogP contribution is -2.50. The van der Waals surface area contributed by atoms with Crippen molar-refractivity contribution in [1.29, 1.82) is 0 Å². The minimum absolute atomic E-state index is 0.133. The molecule has 0 radical (unpaired) electrons. The van der Waals surface area contributed by atoms with Gasteiger partial charge in [-0.3, -0.25) is 4.79 Å². The molecule has 1 aliphatic carbocycles. The summed E-state index contributed by atoms with van der Waals surface area (Å²) in [4.78, 5) is 14.4. The number of rotatable bonds is 3. The summed E-state index contributed by atoms with van der Waals surface area (Å²) in [5.41, 5.74) is 8.13. The first kappa shape index (κ1) is 16.2. The van der Waals surface area contributed by atoms with Crippen LogP contribution in [0.1, 0.15) is 36.4 Å². The lowest BCUT2D eigenvalue weighted by atomic mass is 9.72. The van der Waals surface area contributed by atoms with E-state index in [4.69, 9.17) is 5.73 Å². The van der Waals surface area contributed by atoms with E-state index in [2.05, 4.69) is 16.3 Å². The van der Waals surface area contributed by atoms with Crippen LogP contribution in [0.5, 0.6) is 0 Å². The molecule has 1 fully saturated rings. The Morgan fingerprint density at radius 2 is 1.92 bits per heavy atom. The van der Waals surface area contributed by atoms with E-state index in [9.17, 15) is 9.90 Å². The second kappa shape index (κ2) is 6.24. The van der Waals surface area contributed by atoms with E-state index in [-0.39, 0.29) is 17.4 Å². The number of amides is 1. The molecule has 1 aromatic carbocycles. The summed E-state index contributed by atoms with van der Waals surface area (Å²) in [6, 6.07) is 7.71. The molecular weight excluding hydrogens is 318 g/mol. The van der Waals surface area contributed by atoms with Gasteiger partial charge in [0.2, 0.25) is 5.91 Å². The minimum atomic E-state index is -0.584. The molecule has 1 aromatic heterocycles. The van der Waals surface area contributed by atoms with Gasteiger partial charge in [-0.2, -0.15) is 0 Å². The molecular formula is C18H23N5O2. The van der Waals surface area contributed by atoms with Crippen LogP contribution in [0, 0.1) is 0 Å². The fraction of sp³-hybridized carbons (Fsp3) is 0.500. The van der Waals surface area contributed by atoms with Gasteiger partial charge in [-0.05, 0) is 24.0 Å². The van der Waals surface area contributed by atoms with Crippen LogP contribution in [0.2, 0.25) is 0 Å². The van der Waals surface area contributed by atoms with Crippen LogP contribution < -0.4 is 5.73 Å². The Hall–Kier alpha value is -2.25. The molecule has 2 aliphatic rings. The lowest BCUT2D eigenvalue weighted by molar-refractivity contribution is -0.133. The van der Waals surface area contributed by atoms with E-state index in [1.165, 1.54) is 0 Å². The number of aromatic nitrogens is 3. The highest BCUT2D eigenvalue weighted by molar-refractivity contribution is 5.76.